The molecule has 3 rings (SSSR count). The lowest BCUT2D eigenvalue weighted by Gasteiger charge is -2.37. The maximum atomic E-state index is 13.1. The van der Waals surface area contributed by atoms with Crippen molar-refractivity contribution in [1.82, 2.24) is 14.7 Å². The average Bonchev–Trinajstić information content (AvgIpc) is 3.11. The van der Waals surface area contributed by atoms with Gasteiger partial charge in [-0.1, -0.05) is 25.1 Å². The van der Waals surface area contributed by atoms with Crippen molar-refractivity contribution < 1.29 is 14.4 Å². The number of thioether (sulfide) groups is 1. The molecule has 0 aliphatic carbocycles. The quantitative estimate of drug-likeness (QED) is 0.806. The van der Waals surface area contributed by atoms with E-state index in [1.165, 1.54) is 0 Å². The Morgan fingerprint density at radius 1 is 1.04 bits per heavy atom. The van der Waals surface area contributed by atoms with Crippen molar-refractivity contribution in [1.29, 1.82) is 0 Å². The molecule has 0 radical (unpaired) electrons. The Bertz CT molecular complexity index is 674. The van der Waals surface area contributed by atoms with E-state index >= 15 is 0 Å². The minimum Gasteiger partial charge on any atom is -0.339 e. The first-order valence-electron chi connectivity index (χ1n) is 9.06. The van der Waals surface area contributed by atoms with Gasteiger partial charge < -0.3 is 14.7 Å². The van der Waals surface area contributed by atoms with E-state index in [1.54, 1.807) is 45.5 Å². The summed E-state index contributed by atoms with van der Waals surface area (Å²) < 4.78 is 0. The number of amides is 3. The smallest absolute Gasteiger partial charge is 0.255 e. The number of hydrogen-bond acceptors (Lipinski definition) is 4. The molecule has 0 bridgehead atoms. The van der Waals surface area contributed by atoms with Crippen LogP contribution in [0.2, 0.25) is 0 Å². The summed E-state index contributed by atoms with van der Waals surface area (Å²) in [5.41, 5.74) is 0.618. The molecule has 0 N–H and O–H groups in total. The van der Waals surface area contributed by atoms with E-state index in [0.717, 1.165) is 6.42 Å². The molecule has 2 saturated heterocycles. The predicted octanol–water partition coefficient (Wildman–Crippen LogP) is 1.67. The lowest BCUT2D eigenvalue weighted by molar-refractivity contribution is -0.141. The van der Waals surface area contributed by atoms with Gasteiger partial charge in [0.25, 0.3) is 5.91 Å². The first kappa shape index (κ1) is 18.8. The minimum absolute atomic E-state index is 0.000864. The molecule has 2 aliphatic heterocycles. The van der Waals surface area contributed by atoms with E-state index in [4.69, 9.17) is 0 Å². The Hall–Kier alpha value is -2.02. The summed E-state index contributed by atoms with van der Waals surface area (Å²) in [7, 11) is 0. The highest BCUT2D eigenvalue weighted by atomic mass is 32.2. The van der Waals surface area contributed by atoms with Crippen LogP contribution in [0.5, 0.6) is 0 Å². The molecule has 6 nitrogen and oxygen atoms in total. The van der Waals surface area contributed by atoms with Crippen molar-refractivity contribution in [3.8, 4) is 0 Å². The molecule has 2 heterocycles. The molecule has 3 amide bonds. The van der Waals surface area contributed by atoms with Gasteiger partial charge in [-0.3, -0.25) is 14.4 Å². The van der Waals surface area contributed by atoms with E-state index in [-0.39, 0.29) is 23.1 Å². The van der Waals surface area contributed by atoms with Gasteiger partial charge in [0.15, 0.2) is 0 Å². The van der Waals surface area contributed by atoms with Crippen LogP contribution >= 0.6 is 11.8 Å². The molecule has 2 aliphatic rings. The monoisotopic (exact) mass is 375 g/mol. The Balaban J connectivity index is 1.74. The van der Waals surface area contributed by atoms with Crippen LogP contribution in [0.4, 0.5) is 0 Å². The minimum atomic E-state index is -0.429. The van der Waals surface area contributed by atoms with Crippen molar-refractivity contribution in [2.45, 2.75) is 31.7 Å². The lowest BCUT2D eigenvalue weighted by Crippen LogP contribution is -2.56. The van der Waals surface area contributed by atoms with Gasteiger partial charge >= 0.3 is 0 Å². The molecule has 7 heteroatoms. The van der Waals surface area contributed by atoms with Crippen LogP contribution in [0.1, 0.15) is 30.6 Å². The van der Waals surface area contributed by atoms with E-state index in [0.29, 0.717) is 37.5 Å². The maximum Gasteiger partial charge on any atom is 0.255 e. The number of benzene rings is 1. The molecule has 0 aromatic heterocycles. The summed E-state index contributed by atoms with van der Waals surface area (Å²) in [6, 6.07) is 8.73. The van der Waals surface area contributed by atoms with Crippen LogP contribution in [-0.4, -0.2) is 75.8 Å². The van der Waals surface area contributed by atoms with Crippen molar-refractivity contribution in [3.05, 3.63) is 35.9 Å². The first-order valence-corrected chi connectivity index (χ1v) is 10.1. The standard InChI is InChI=1S/C19H25N3O3S/c1-3-17-22(18(24)15-7-5-4-6-8-15)16(13-26-17)19(25)21-11-9-20(10-12-21)14(2)23/h4-8,16-17H,3,9-13H2,1-2H3. The fourth-order valence-electron chi connectivity index (χ4n) is 3.52. The SMILES string of the molecule is CCC1SCC(C(=O)N2CCN(C(C)=O)CC2)N1C(=O)c1ccccc1. The van der Waals surface area contributed by atoms with Gasteiger partial charge in [0.1, 0.15) is 6.04 Å². The first-order chi connectivity index (χ1) is 12.5. The number of hydrogen-bond donors (Lipinski definition) is 0. The van der Waals surface area contributed by atoms with Gasteiger partial charge in [0, 0.05) is 44.4 Å². The van der Waals surface area contributed by atoms with Gasteiger partial charge in [-0.25, -0.2) is 0 Å². The number of piperazine rings is 1. The van der Waals surface area contributed by atoms with Crippen LogP contribution in [0.3, 0.4) is 0 Å². The van der Waals surface area contributed by atoms with Crippen molar-refractivity contribution in [2.24, 2.45) is 0 Å². The number of nitrogens with zero attached hydrogens (tertiary/aromatic N) is 3. The highest BCUT2D eigenvalue weighted by Crippen LogP contribution is 2.33. The summed E-state index contributed by atoms with van der Waals surface area (Å²) >= 11 is 1.67. The number of carbonyl (C=O) groups excluding carboxylic acids is 3. The average molecular weight is 375 g/mol. The molecule has 2 fully saturated rings. The highest BCUT2D eigenvalue weighted by molar-refractivity contribution is 8.00. The zero-order valence-corrected chi connectivity index (χ0v) is 16.1. The molecule has 1 aromatic carbocycles. The van der Waals surface area contributed by atoms with E-state index in [9.17, 15) is 14.4 Å². The molecule has 0 saturated carbocycles. The van der Waals surface area contributed by atoms with Crippen molar-refractivity contribution >= 4 is 29.5 Å². The number of carbonyl (C=O) groups is 3. The van der Waals surface area contributed by atoms with E-state index < -0.39 is 6.04 Å². The Morgan fingerprint density at radius 3 is 2.23 bits per heavy atom. The normalized spacial score (nSPS) is 23.2. The second-order valence-corrected chi connectivity index (χ2v) is 7.83. The molecular formula is C19H25N3O3S. The summed E-state index contributed by atoms with van der Waals surface area (Å²) in [6.07, 6.45) is 0.811. The van der Waals surface area contributed by atoms with Crippen LogP contribution < -0.4 is 0 Å². The van der Waals surface area contributed by atoms with Crippen LogP contribution in [0.15, 0.2) is 30.3 Å². The second kappa shape index (κ2) is 8.12. The third kappa shape index (κ3) is 3.72. The van der Waals surface area contributed by atoms with E-state index in [1.807, 2.05) is 25.1 Å². The largest absolute Gasteiger partial charge is 0.339 e. The third-order valence-electron chi connectivity index (χ3n) is 5.02. The van der Waals surface area contributed by atoms with Crippen LogP contribution in [0.25, 0.3) is 0 Å². The summed E-state index contributed by atoms with van der Waals surface area (Å²) in [5, 5.41) is 0.0233. The molecule has 26 heavy (non-hydrogen) atoms. The van der Waals surface area contributed by atoms with Gasteiger partial charge in [0.05, 0.1) is 5.37 Å². The van der Waals surface area contributed by atoms with Crippen molar-refractivity contribution in [2.75, 3.05) is 31.9 Å². The molecule has 1 aromatic rings. The second-order valence-electron chi connectivity index (χ2n) is 6.62. The van der Waals surface area contributed by atoms with E-state index in [2.05, 4.69) is 0 Å². The molecule has 2 unspecified atom stereocenters. The highest BCUT2D eigenvalue weighted by Gasteiger charge is 2.43. The Labute approximate surface area is 158 Å². The van der Waals surface area contributed by atoms with Gasteiger partial charge in [-0.05, 0) is 18.6 Å². The Kier molecular flexibility index (Phi) is 5.86. The zero-order valence-electron chi connectivity index (χ0n) is 15.3. The topological polar surface area (TPSA) is 60.9 Å². The molecule has 0 spiro atoms. The zero-order chi connectivity index (χ0) is 18.7. The Morgan fingerprint density at radius 2 is 1.65 bits per heavy atom. The predicted molar refractivity (Wildman–Crippen MR) is 102 cm³/mol. The summed E-state index contributed by atoms with van der Waals surface area (Å²) in [6.45, 7) is 5.78. The van der Waals surface area contributed by atoms with Crippen molar-refractivity contribution in [3.63, 3.8) is 0 Å². The molecule has 140 valence electrons. The van der Waals surface area contributed by atoms with Gasteiger partial charge in [-0.2, -0.15) is 0 Å². The summed E-state index contributed by atoms with van der Waals surface area (Å²) in [5.74, 6) is 0.590. The van der Waals surface area contributed by atoms with Gasteiger partial charge in [-0.15, -0.1) is 11.8 Å². The number of rotatable bonds is 3. The van der Waals surface area contributed by atoms with Crippen LogP contribution in [-0.2, 0) is 9.59 Å². The third-order valence-corrected chi connectivity index (χ3v) is 6.47. The molecular weight excluding hydrogens is 350 g/mol. The van der Waals surface area contributed by atoms with Gasteiger partial charge in [0.2, 0.25) is 11.8 Å². The lowest BCUT2D eigenvalue weighted by atomic mass is 10.1. The molecule has 2 atom stereocenters. The fourth-order valence-corrected chi connectivity index (χ4v) is 4.87. The van der Waals surface area contributed by atoms with Crippen LogP contribution in [0, 0.1) is 0 Å². The fraction of sp³-hybridized carbons (Fsp3) is 0.526. The summed E-state index contributed by atoms with van der Waals surface area (Å²) in [4.78, 5) is 42.9. The maximum absolute atomic E-state index is 13.1.